The first-order valence-corrected chi connectivity index (χ1v) is 25.0. The number of hydrogen-bond donors (Lipinski definition) is 2. The van der Waals surface area contributed by atoms with E-state index >= 15 is 0 Å². The Bertz CT molecular complexity index is 911. The molecule has 1 amide bonds. The summed E-state index contributed by atoms with van der Waals surface area (Å²) in [4.78, 5) is 25.1. The molecule has 8 nitrogen and oxygen atoms in total. The quantitative estimate of drug-likeness (QED) is 0.0275. The van der Waals surface area contributed by atoms with Gasteiger partial charge in [-0.25, -0.2) is 0 Å². The molecular formula is C46H93N2O6P. The van der Waals surface area contributed by atoms with E-state index in [1.807, 2.05) is 21.1 Å². The minimum absolute atomic E-state index is 0.0132. The van der Waals surface area contributed by atoms with Crippen LogP contribution in [0.3, 0.4) is 0 Å². The topological polar surface area (TPSA) is 108 Å². The Morgan fingerprint density at radius 2 is 1.00 bits per heavy atom. The van der Waals surface area contributed by atoms with Crippen molar-refractivity contribution >= 4 is 13.7 Å². The first-order valence-electron chi connectivity index (χ1n) is 23.5. The maximum absolute atomic E-state index is 12.7. The first-order chi connectivity index (χ1) is 26.5. The second-order valence-electron chi connectivity index (χ2n) is 17.5. The molecule has 0 aromatic carbocycles. The van der Waals surface area contributed by atoms with Gasteiger partial charge in [-0.05, 0) is 38.5 Å². The SMILES string of the molecule is CCCCCCCCCC/C=C\CCCCCCCCCCCCCCCCCCCC(=O)NC(COP(=O)([O-])OCC[N+](C)(C)C)C(O)CCCCCC. The van der Waals surface area contributed by atoms with Crippen molar-refractivity contribution in [1.29, 1.82) is 0 Å². The van der Waals surface area contributed by atoms with E-state index in [0.29, 0.717) is 23.9 Å². The van der Waals surface area contributed by atoms with E-state index in [-0.39, 0.29) is 19.1 Å². The largest absolute Gasteiger partial charge is 0.756 e. The molecule has 0 aliphatic carbocycles. The molecule has 0 aliphatic heterocycles. The fourth-order valence-electron chi connectivity index (χ4n) is 6.98. The van der Waals surface area contributed by atoms with Crippen LogP contribution in [0.1, 0.15) is 226 Å². The summed E-state index contributed by atoms with van der Waals surface area (Å²) in [5.74, 6) is -0.171. The molecule has 9 heteroatoms. The summed E-state index contributed by atoms with van der Waals surface area (Å²) in [6.45, 7) is 4.61. The highest BCUT2D eigenvalue weighted by molar-refractivity contribution is 7.45. The second-order valence-corrected chi connectivity index (χ2v) is 18.9. The number of likely N-dealkylation sites (N-methyl/N-ethyl adjacent to an activating group) is 1. The molecule has 55 heavy (non-hydrogen) atoms. The minimum atomic E-state index is -4.54. The lowest BCUT2D eigenvalue weighted by Crippen LogP contribution is -2.46. The van der Waals surface area contributed by atoms with Crippen molar-refractivity contribution in [3.05, 3.63) is 12.2 Å². The van der Waals surface area contributed by atoms with Crippen LogP contribution >= 0.6 is 7.82 Å². The first kappa shape index (κ1) is 54.2. The van der Waals surface area contributed by atoms with Gasteiger partial charge in [0.2, 0.25) is 5.91 Å². The highest BCUT2D eigenvalue weighted by Gasteiger charge is 2.24. The molecule has 0 saturated heterocycles. The van der Waals surface area contributed by atoms with E-state index in [9.17, 15) is 19.4 Å². The molecule has 3 atom stereocenters. The number of unbranched alkanes of at least 4 members (excludes halogenated alkanes) is 28. The number of rotatable bonds is 43. The number of phosphoric acid groups is 1. The van der Waals surface area contributed by atoms with Crippen molar-refractivity contribution in [2.45, 2.75) is 238 Å². The van der Waals surface area contributed by atoms with Gasteiger partial charge in [0, 0.05) is 6.42 Å². The maximum Gasteiger partial charge on any atom is 0.268 e. The molecule has 3 unspecified atom stereocenters. The number of aliphatic hydroxyl groups excluding tert-OH is 1. The summed E-state index contributed by atoms with van der Waals surface area (Å²) in [5, 5.41) is 13.6. The Morgan fingerprint density at radius 1 is 0.618 bits per heavy atom. The summed E-state index contributed by atoms with van der Waals surface area (Å²) in [7, 11) is 1.31. The lowest BCUT2D eigenvalue weighted by Gasteiger charge is -2.30. The average molecular weight is 801 g/mol. The van der Waals surface area contributed by atoms with Gasteiger partial charge in [0.1, 0.15) is 13.2 Å². The summed E-state index contributed by atoms with van der Waals surface area (Å²) in [5.41, 5.74) is 0. The van der Waals surface area contributed by atoms with Gasteiger partial charge in [-0.15, -0.1) is 0 Å². The van der Waals surface area contributed by atoms with Crippen molar-refractivity contribution in [3.8, 4) is 0 Å². The van der Waals surface area contributed by atoms with Crippen LogP contribution in [0.4, 0.5) is 0 Å². The molecule has 0 fully saturated rings. The van der Waals surface area contributed by atoms with E-state index in [4.69, 9.17) is 9.05 Å². The number of nitrogens with zero attached hydrogens (tertiary/aromatic N) is 1. The van der Waals surface area contributed by atoms with Gasteiger partial charge >= 0.3 is 0 Å². The van der Waals surface area contributed by atoms with Crippen molar-refractivity contribution in [2.24, 2.45) is 0 Å². The van der Waals surface area contributed by atoms with Crippen molar-refractivity contribution < 1.29 is 32.9 Å². The molecule has 328 valence electrons. The van der Waals surface area contributed by atoms with Crippen LogP contribution in [0.25, 0.3) is 0 Å². The highest BCUT2D eigenvalue weighted by Crippen LogP contribution is 2.38. The van der Waals surface area contributed by atoms with Crippen LogP contribution < -0.4 is 10.2 Å². The number of carbonyl (C=O) groups is 1. The third kappa shape index (κ3) is 41.2. The maximum atomic E-state index is 12.7. The van der Waals surface area contributed by atoms with Gasteiger partial charge < -0.3 is 28.8 Å². The molecule has 0 heterocycles. The van der Waals surface area contributed by atoms with E-state index in [2.05, 4.69) is 31.3 Å². The zero-order chi connectivity index (χ0) is 40.7. The van der Waals surface area contributed by atoms with Gasteiger partial charge in [-0.1, -0.05) is 193 Å². The number of phosphoric ester groups is 1. The average Bonchev–Trinajstić information content (AvgIpc) is 3.13. The molecule has 0 bridgehead atoms. The lowest BCUT2D eigenvalue weighted by molar-refractivity contribution is -0.870. The summed E-state index contributed by atoms with van der Waals surface area (Å²) in [6, 6.07) is -0.792. The van der Waals surface area contributed by atoms with Gasteiger partial charge in [0.05, 0.1) is 39.9 Å². The van der Waals surface area contributed by atoms with E-state index in [0.717, 1.165) is 44.9 Å². The summed E-state index contributed by atoms with van der Waals surface area (Å²) >= 11 is 0. The molecule has 0 spiro atoms. The van der Waals surface area contributed by atoms with Gasteiger partial charge in [0.25, 0.3) is 7.82 Å². The van der Waals surface area contributed by atoms with E-state index in [1.165, 1.54) is 154 Å². The van der Waals surface area contributed by atoms with Crippen LogP contribution in [-0.2, 0) is 18.4 Å². The molecule has 0 aromatic heterocycles. The Kier molecular flexibility index (Phi) is 38.2. The van der Waals surface area contributed by atoms with E-state index < -0.39 is 20.0 Å². The fourth-order valence-corrected chi connectivity index (χ4v) is 7.70. The smallest absolute Gasteiger partial charge is 0.268 e. The predicted octanol–water partition coefficient (Wildman–Crippen LogP) is 12.5. The van der Waals surface area contributed by atoms with Gasteiger partial charge in [0.15, 0.2) is 0 Å². The molecule has 0 saturated carbocycles. The van der Waals surface area contributed by atoms with Crippen molar-refractivity contribution in [1.82, 2.24) is 5.32 Å². The summed E-state index contributed by atoms with van der Waals surface area (Å²) in [6.07, 6.45) is 44.5. The van der Waals surface area contributed by atoms with E-state index in [1.54, 1.807) is 0 Å². The zero-order valence-electron chi connectivity index (χ0n) is 37.1. The number of amides is 1. The number of carbonyl (C=O) groups excluding carboxylic acids is 1. The number of hydrogen-bond acceptors (Lipinski definition) is 6. The second kappa shape index (κ2) is 38.7. The molecule has 0 aromatic rings. The van der Waals surface area contributed by atoms with Gasteiger partial charge in [-0.2, -0.15) is 0 Å². The molecule has 2 N–H and O–H groups in total. The normalized spacial score (nSPS) is 14.4. The third-order valence-corrected chi connectivity index (χ3v) is 11.7. The number of nitrogens with one attached hydrogen (secondary N) is 1. The molecular weight excluding hydrogens is 707 g/mol. The summed E-state index contributed by atoms with van der Waals surface area (Å²) < 4.78 is 23.0. The van der Waals surface area contributed by atoms with Crippen LogP contribution in [0.15, 0.2) is 12.2 Å². The van der Waals surface area contributed by atoms with Crippen molar-refractivity contribution in [2.75, 3.05) is 40.9 Å². The monoisotopic (exact) mass is 801 g/mol. The van der Waals surface area contributed by atoms with Gasteiger partial charge in [-0.3, -0.25) is 9.36 Å². The third-order valence-electron chi connectivity index (χ3n) is 10.8. The number of aliphatic hydroxyl groups is 1. The fraction of sp³-hybridized carbons (Fsp3) is 0.935. The minimum Gasteiger partial charge on any atom is -0.756 e. The molecule has 0 radical (unpaired) electrons. The van der Waals surface area contributed by atoms with Crippen LogP contribution in [0, 0.1) is 0 Å². The number of allylic oxidation sites excluding steroid dienone is 2. The molecule has 0 rings (SSSR count). The van der Waals surface area contributed by atoms with Crippen molar-refractivity contribution in [3.63, 3.8) is 0 Å². The Hall–Kier alpha value is -0.760. The van der Waals surface area contributed by atoms with Crippen LogP contribution in [0.2, 0.25) is 0 Å². The lowest BCUT2D eigenvalue weighted by atomic mass is 10.0. The zero-order valence-corrected chi connectivity index (χ0v) is 38.0. The highest BCUT2D eigenvalue weighted by atomic mass is 31.2. The van der Waals surface area contributed by atoms with Crippen LogP contribution in [-0.4, -0.2) is 68.5 Å². The standard InChI is InChI=1S/C46H93N2O6P/c1-6-8-10-12-13-14-15-16-17-18-19-20-21-22-23-24-25-26-27-28-29-30-31-32-33-34-35-36-38-40-46(50)47-44(45(49)39-37-11-9-7-2)43-54-55(51,52)53-42-41-48(3,4)5/h18-19,44-45,49H,6-17,20-43H2,1-5H3,(H-,47,50,51,52)/b19-18-. The Labute approximate surface area is 342 Å². The number of quaternary nitrogens is 1. The molecule has 0 aliphatic rings. The predicted molar refractivity (Wildman–Crippen MR) is 233 cm³/mol. The van der Waals surface area contributed by atoms with Crippen LogP contribution in [0.5, 0.6) is 0 Å². The Balaban J connectivity index is 3.80. The Morgan fingerprint density at radius 3 is 1.42 bits per heavy atom.